The molecule has 3 aromatic rings. The van der Waals surface area contributed by atoms with Crippen LogP contribution in [0.15, 0.2) is 63.8 Å². The van der Waals surface area contributed by atoms with Gasteiger partial charge in [0.05, 0.1) is 12.1 Å². The highest BCUT2D eigenvalue weighted by Crippen LogP contribution is 2.22. The van der Waals surface area contributed by atoms with Crippen molar-refractivity contribution in [2.45, 2.75) is 6.42 Å². The van der Waals surface area contributed by atoms with Crippen LogP contribution in [-0.4, -0.2) is 36.3 Å². The van der Waals surface area contributed by atoms with Gasteiger partial charge in [0.15, 0.2) is 0 Å². The number of nitrogens with zero attached hydrogens (tertiary/aromatic N) is 1. The molecule has 6 heteroatoms. The highest BCUT2D eigenvalue weighted by atomic mass is 16.4. The van der Waals surface area contributed by atoms with E-state index < -0.39 is 5.63 Å². The third-order valence-electron chi connectivity index (χ3n) is 4.61. The van der Waals surface area contributed by atoms with Crippen LogP contribution in [0.1, 0.15) is 16.8 Å². The third kappa shape index (κ3) is 3.46. The molecular weight excluding hydrogens is 344 g/mol. The molecule has 2 heterocycles. The number of hydrogen-bond donors (Lipinski definition) is 1. The lowest BCUT2D eigenvalue weighted by Gasteiger charge is -2.19. The lowest BCUT2D eigenvalue weighted by Crippen LogP contribution is -2.37. The summed E-state index contributed by atoms with van der Waals surface area (Å²) in [7, 11) is 0. The van der Waals surface area contributed by atoms with E-state index in [-0.39, 0.29) is 18.4 Å². The van der Waals surface area contributed by atoms with Crippen molar-refractivity contribution < 1.29 is 14.0 Å². The zero-order valence-corrected chi connectivity index (χ0v) is 14.6. The van der Waals surface area contributed by atoms with Crippen LogP contribution < -0.4 is 10.9 Å². The van der Waals surface area contributed by atoms with Crippen LogP contribution in [0.3, 0.4) is 0 Å². The molecular formula is C21H18N2O4. The summed E-state index contributed by atoms with van der Waals surface area (Å²) < 4.78 is 5.39. The van der Waals surface area contributed by atoms with E-state index in [0.29, 0.717) is 41.8 Å². The molecule has 0 unspecified atom stereocenters. The molecule has 4 rings (SSSR count). The maximum absolute atomic E-state index is 12.8. The van der Waals surface area contributed by atoms with Crippen molar-refractivity contribution in [3.05, 3.63) is 70.6 Å². The molecule has 1 fully saturated rings. The summed E-state index contributed by atoms with van der Waals surface area (Å²) in [5.74, 6) is -0.383. The minimum absolute atomic E-state index is 0.0428. The number of fused-ring (bicyclic) bond motifs is 1. The fourth-order valence-corrected chi connectivity index (χ4v) is 3.24. The largest absolute Gasteiger partial charge is 0.422 e. The summed E-state index contributed by atoms with van der Waals surface area (Å²) in [5, 5.41) is 3.57. The van der Waals surface area contributed by atoms with Gasteiger partial charge in [-0.2, -0.15) is 0 Å². The van der Waals surface area contributed by atoms with E-state index >= 15 is 0 Å². The monoisotopic (exact) mass is 362 g/mol. The van der Waals surface area contributed by atoms with Gasteiger partial charge >= 0.3 is 5.63 Å². The van der Waals surface area contributed by atoms with Gasteiger partial charge < -0.3 is 14.6 Å². The zero-order chi connectivity index (χ0) is 18.8. The predicted octanol–water partition coefficient (Wildman–Crippen LogP) is 2.42. The van der Waals surface area contributed by atoms with Crippen molar-refractivity contribution in [1.82, 2.24) is 10.2 Å². The van der Waals surface area contributed by atoms with Crippen LogP contribution in [0, 0.1) is 0 Å². The summed E-state index contributed by atoms with van der Waals surface area (Å²) in [6, 6.07) is 15.9. The predicted molar refractivity (Wildman–Crippen MR) is 101 cm³/mol. The van der Waals surface area contributed by atoms with Crippen LogP contribution in [-0.2, 0) is 4.79 Å². The van der Waals surface area contributed by atoms with E-state index in [1.165, 1.54) is 4.90 Å². The van der Waals surface area contributed by atoms with Crippen molar-refractivity contribution in [3.63, 3.8) is 0 Å². The van der Waals surface area contributed by atoms with Gasteiger partial charge in [-0.1, -0.05) is 30.3 Å². The molecule has 2 amide bonds. The van der Waals surface area contributed by atoms with Crippen LogP contribution >= 0.6 is 0 Å². The van der Waals surface area contributed by atoms with Crippen LogP contribution in [0.25, 0.3) is 22.1 Å². The molecule has 27 heavy (non-hydrogen) atoms. The lowest BCUT2D eigenvalue weighted by atomic mass is 10.0. The first kappa shape index (κ1) is 17.0. The Morgan fingerprint density at radius 3 is 2.78 bits per heavy atom. The Morgan fingerprint density at radius 2 is 1.89 bits per heavy atom. The number of amides is 2. The molecule has 1 aromatic heterocycles. The van der Waals surface area contributed by atoms with Crippen LogP contribution in [0.5, 0.6) is 0 Å². The molecule has 1 aliphatic rings. The minimum Gasteiger partial charge on any atom is -0.422 e. The number of carbonyl (C=O) groups excluding carboxylic acids is 2. The summed E-state index contributed by atoms with van der Waals surface area (Å²) in [6.45, 7) is 1.13. The average Bonchev–Trinajstić information content (AvgIpc) is 2.91. The quantitative estimate of drug-likeness (QED) is 0.710. The van der Waals surface area contributed by atoms with Gasteiger partial charge in [0.2, 0.25) is 5.91 Å². The Labute approximate surface area is 155 Å². The van der Waals surface area contributed by atoms with E-state index in [1.54, 1.807) is 36.4 Å². The number of rotatable bonds is 2. The Kier molecular flexibility index (Phi) is 4.46. The highest BCUT2D eigenvalue weighted by Gasteiger charge is 2.21. The van der Waals surface area contributed by atoms with Crippen molar-refractivity contribution >= 4 is 22.8 Å². The first-order valence-electron chi connectivity index (χ1n) is 8.81. The Hall–Kier alpha value is -3.41. The smallest absolute Gasteiger partial charge is 0.344 e. The summed E-state index contributed by atoms with van der Waals surface area (Å²) >= 11 is 0. The van der Waals surface area contributed by atoms with E-state index in [1.807, 2.05) is 18.2 Å². The molecule has 0 spiro atoms. The molecule has 6 nitrogen and oxygen atoms in total. The molecule has 1 aliphatic heterocycles. The van der Waals surface area contributed by atoms with E-state index in [2.05, 4.69) is 5.32 Å². The van der Waals surface area contributed by atoms with Gasteiger partial charge in [0, 0.05) is 24.0 Å². The van der Waals surface area contributed by atoms with Crippen molar-refractivity contribution in [1.29, 1.82) is 0 Å². The maximum atomic E-state index is 12.8. The Balaban J connectivity index is 1.70. The zero-order valence-electron chi connectivity index (χ0n) is 14.6. The van der Waals surface area contributed by atoms with Gasteiger partial charge in [0.1, 0.15) is 5.58 Å². The van der Waals surface area contributed by atoms with Crippen LogP contribution in [0.2, 0.25) is 0 Å². The summed E-state index contributed by atoms with van der Waals surface area (Å²) in [5.41, 5.74) is 1.52. The maximum Gasteiger partial charge on any atom is 0.344 e. The molecule has 136 valence electrons. The molecule has 1 saturated heterocycles. The highest BCUT2D eigenvalue weighted by molar-refractivity contribution is 5.98. The number of hydrogen-bond acceptors (Lipinski definition) is 4. The number of para-hydroxylation sites is 1. The van der Waals surface area contributed by atoms with Gasteiger partial charge in [-0.25, -0.2) is 4.79 Å². The molecule has 0 aliphatic carbocycles. The van der Waals surface area contributed by atoms with Crippen molar-refractivity contribution in [3.8, 4) is 11.1 Å². The second-order valence-corrected chi connectivity index (χ2v) is 6.50. The van der Waals surface area contributed by atoms with E-state index in [9.17, 15) is 14.4 Å². The molecule has 0 radical (unpaired) electrons. The topological polar surface area (TPSA) is 79.6 Å². The van der Waals surface area contributed by atoms with Crippen molar-refractivity contribution in [2.24, 2.45) is 0 Å². The fourth-order valence-electron chi connectivity index (χ4n) is 3.24. The fraction of sp³-hybridized carbons (Fsp3) is 0.190. The molecule has 0 bridgehead atoms. The van der Waals surface area contributed by atoms with E-state index in [4.69, 9.17) is 4.42 Å². The standard InChI is InChI=1S/C21H18N2O4/c24-19-13-23(10-4-9-22-19)20(25)16-7-3-6-14(11-16)17-12-15-5-1-2-8-18(15)27-21(17)26/h1-3,5-8,11-12H,4,9-10,13H2,(H,22,24). The normalized spacial score (nSPS) is 14.7. The summed E-state index contributed by atoms with van der Waals surface area (Å²) in [6.07, 6.45) is 0.714. The second kappa shape index (κ2) is 7.07. The number of nitrogens with one attached hydrogen (secondary N) is 1. The summed E-state index contributed by atoms with van der Waals surface area (Å²) in [4.78, 5) is 38.5. The van der Waals surface area contributed by atoms with Crippen molar-refractivity contribution in [2.75, 3.05) is 19.6 Å². The number of carbonyl (C=O) groups is 2. The molecule has 0 atom stereocenters. The molecule has 0 saturated carbocycles. The van der Waals surface area contributed by atoms with E-state index in [0.717, 1.165) is 5.39 Å². The van der Waals surface area contributed by atoms with Gasteiger partial charge in [0.25, 0.3) is 5.91 Å². The number of benzene rings is 2. The lowest BCUT2D eigenvalue weighted by molar-refractivity contribution is -0.121. The SMILES string of the molecule is O=C1CN(C(=O)c2cccc(-c3cc4ccccc4oc3=O)c2)CCCN1. The first-order valence-corrected chi connectivity index (χ1v) is 8.81. The van der Waals surface area contributed by atoms with Gasteiger partial charge in [-0.05, 0) is 36.2 Å². The minimum atomic E-state index is -0.451. The van der Waals surface area contributed by atoms with Gasteiger partial charge in [-0.3, -0.25) is 9.59 Å². The first-order chi connectivity index (χ1) is 13.1. The van der Waals surface area contributed by atoms with Crippen LogP contribution in [0.4, 0.5) is 0 Å². The van der Waals surface area contributed by atoms with Gasteiger partial charge in [-0.15, -0.1) is 0 Å². The Bertz CT molecular complexity index is 1090. The molecule has 1 N–H and O–H groups in total. The second-order valence-electron chi connectivity index (χ2n) is 6.50. The third-order valence-corrected chi connectivity index (χ3v) is 4.61. The molecule has 2 aromatic carbocycles. The average molecular weight is 362 g/mol. The Morgan fingerprint density at radius 1 is 1.04 bits per heavy atom.